The second kappa shape index (κ2) is 31.6. The Morgan fingerprint density at radius 2 is 0.652 bits per heavy atom. The predicted octanol–water partition coefficient (Wildman–Crippen LogP) is 5.37. The van der Waals surface area contributed by atoms with Gasteiger partial charge in [-0.1, -0.05) is 129 Å². The van der Waals surface area contributed by atoms with Crippen molar-refractivity contribution in [3.8, 4) is 0 Å². The lowest BCUT2D eigenvalue weighted by Crippen LogP contribution is -3.00. The van der Waals surface area contributed by atoms with Crippen LogP contribution in [0.2, 0.25) is 0 Å². The third kappa shape index (κ3) is 21.4. The van der Waals surface area contributed by atoms with Gasteiger partial charge in [0.05, 0.1) is 26.2 Å². The zero-order valence-corrected chi connectivity index (χ0v) is 34.2. The van der Waals surface area contributed by atoms with Gasteiger partial charge in [0.25, 0.3) is 11.6 Å². The van der Waals surface area contributed by atoms with Crippen LogP contribution in [0.5, 0.6) is 0 Å². The highest BCUT2D eigenvalue weighted by atomic mass is 79.9. The van der Waals surface area contributed by atoms with Crippen LogP contribution in [0.1, 0.15) is 192 Å². The van der Waals surface area contributed by atoms with Gasteiger partial charge in [0.15, 0.2) is 0 Å². The van der Waals surface area contributed by atoms with Gasteiger partial charge in [0.1, 0.15) is 24.8 Å². The first-order valence-electron chi connectivity index (χ1n) is 19.8. The van der Waals surface area contributed by atoms with Gasteiger partial charge in [-0.2, -0.15) is 0 Å². The van der Waals surface area contributed by atoms with Gasteiger partial charge in [-0.3, -0.25) is 0 Å². The summed E-state index contributed by atoms with van der Waals surface area (Å²) in [7, 11) is 0. The molecule has 46 heavy (non-hydrogen) atoms. The first kappa shape index (κ1) is 45.4. The molecule has 4 nitrogen and oxygen atoms in total. The SMILES string of the molecule is CCCCCCCCCCn1cc[n+](CCCCCCCCCCCC[n+]2ccn(CCCCCCCCCC)c2C)c1C.[Br-].[Br-]. The Bertz CT molecular complexity index is 848. The zero-order chi connectivity index (χ0) is 31.5. The van der Waals surface area contributed by atoms with Crippen LogP contribution >= 0.6 is 0 Å². The normalized spacial score (nSPS) is 11.1. The summed E-state index contributed by atoms with van der Waals surface area (Å²) in [5, 5.41) is 0. The Labute approximate surface area is 308 Å². The number of nitrogens with zero attached hydrogens (tertiary/aromatic N) is 4. The molecule has 0 aliphatic heterocycles. The van der Waals surface area contributed by atoms with E-state index in [-0.39, 0.29) is 34.0 Å². The van der Waals surface area contributed by atoms with Crippen molar-refractivity contribution >= 4 is 0 Å². The number of hydrogen-bond donors (Lipinski definition) is 0. The van der Waals surface area contributed by atoms with E-state index in [9.17, 15) is 0 Å². The lowest BCUT2D eigenvalue weighted by molar-refractivity contribution is -0.703. The van der Waals surface area contributed by atoms with E-state index in [2.05, 4.69) is 70.8 Å². The standard InChI is InChI=1S/C40H76N4.2BrH/c1-5-7-9-11-13-19-23-27-31-41-35-37-43(39(41)3)33-29-25-21-17-15-16-18-22-26-30-34-44-38-36-42(40(44)4)32-28-24-20-14-12-10-8-6-2;;/h35-38H,5-34H2,1-4H3;2*1H/q+2;;/p-2. The first-order chi connectivity index (χ1) is 21.7. The van der Waals surface area contributed by atoms with Crippen LogP contribution in [0.3, 0.4) is 0 Å². The van der Waals surface area contributed by atoms with Crippen molar-refractivity contribution in [2.24, 2.45) is 0 Å². The average molecular weight is 773 g/mol. The maximum atomic E-state index is 2.48. The number of unbranched alkanes of at least 4 members (excludes halogenated alkanes) is 23. The van der Waals surface area contributed by atoms with Crippen molar-refractivity contribution in [1.82, 2.24) is 9.13 Å². The molecule has 0 bridgehead atoms. The molecule has 0 N–H and O–H groups in total. The summed E-state index contributed by atoms with van der Waals surface area (Å²) >= 11 is 0. The third-order valence-corrected chi connectivity index (χ3v) is 10.1. The van der Waals surface area contributed by atoms with E-state index in [0.29, 0.717) is 0 Å². The largest absolute Gasteiger partial charge is 1.00 e. The third-order valence-electron chi connectivity index (χ3n) is 10.1. The molecular weight excluding hydrogens is 696 g/mol. The van der Waals surface area contributed by atoms with Gasteiger partial charge in [0, 0.05) is 13.8 Å². The number of hydrogen-bond acceptors (Lipinski definition) is 0. The molecule has 0 fully saturated rings. The van der Waals surface area contributed by atoms with Crippen molar-refractivity contribution in [2.75, 3.05) is 0 Å². The van der Waals surface area contributed by atoms with Gasteiger partial charge in [-0.05, 0) is 51.4 Å². The lowest BCUT2D eigenvalue weighted by atomic mass is 10.1. The van der Waals surface area contributed by atoms with E-state index in [1.54, 1.807) is 0 Å². The highest BCUT2D eigenvalue weighted by Gasteiger charge is 2.12. The van der Waals surface area contributed by atoms with E-state index in [1.807, 2.05) is 0 Å². The fourth-order valence-corrected chi connectivity index (χ4v) is 6.84. The van der Waals surface area contributed by atoms with Gasteiger partial charge in [0.2, 0.25) is 0 Å². The molecule has 0 aromatic carbocycles. The minimum Gasteiger partial charge on any atom is -1.00 e. The highest BCUT2D eigenvalue weighted by molar-refractivity contribution is 4.80. The fraction of sp³-hybridized carbons (Fsp3) is 0.850. The van der Waals surface area contributed by atoms with Crippen molar-refractivity contribution in [3.05, 3.63) is 36.4 Å². The summed E-state index contributed by atoms with van der Waals surface area (Å²) in [5.41, 5.74) is 0. The molecule has 270 valence electrons. The summed E-state index contributed by atoms with van der Waals surface area (Å²) < 4.78 is 9.92. The van der Waals surface area contributed by atoms with E-state index in [0.717, 1.165) is 0 Å². The molecule has 0 amide bonds. The van der Waals surface area contributed by atoms with E-state index in [4.69, 9.17) is 0 Å². The van der Waals surface area contributed by atoms with Gasteiger partial charge >= 0.3 is 0 Å². The Hall–Kier alpha value is -0.620. The van der Waals surface area contributed by atoms with Crippen molar-refractivity contribution in [1.29, 1.82) is 0 Å². The second-order valence-electron chi connectivity index (χ2n) is 13.9. The second-order valence-corrected chi connectivity index (χ2v) is 13.9. The number of imidazole rings is 2. The topological polar surface area (TPSA) is 17.6 Å². The lowest BCUT2D eigenvalue weighted by Gasteiger charge is -2.04. The summed E-state index contributed by atoms with van der Waals surface area (Å²) in [4.78, 5) is 0. The summed E-state index contributed by atoms with van der Waals surface area (Å²) in [5.74, 6) is 2.88. The molecule has 2 rings (SSSR count). The molecule has 6 heteroatoms. The summed E-state index contributed by atoms with van der Waals surface area (Å²) in [6.45, 7) is 14.0. The Morgan fingerprint density at radius 1 is 0.391 bits per heavy atom. The Balaban J connectivity index is 0.0000101. The molecule has 2 aromatic rings. The fourth-order valence-electron chi connectivity index (χ4n) is 6.84. The van der Waals surface area contributed by atoms with Crippen LogP contribution in [-0.2, 0) is 26.2 Å². The molecule has 0 aliphatic carbocycles. The molecule has 0 spiro atoms. The van der Waals surface area contributed by atoms with Crippen molar-refractivity contribution < 1.29 is 43.1 Å². The molecule has 0 atom stereocenters. The van der Waals surface area contributed by atoms with Crippen LogP contribution < -0.4 is 43.1 Å². The molecule has 0 saturated carbocycles. The monoisotopic (exact) mass is 770 g/mol. The van der Waals surface area contributed by atoms with E-state index >= 15 is 0 Å². The Morgan fingerprint density at radius 3 is 0.957 bits per heavy atom. The van der Waals surface area contributed by atoms with Crippen LogP contribution in [-0.4, -0.2) is 9.13 Å². The highest BCUT2D eigenvalue weighted by Crippen LogP contribution is 2.13. The van der Waals surface area contributed by atoms with Crippen LogP contribution in [0.4, 0.5) is 0 Å². The number of rotatable bonds is 31. The molecule has 0 unspecified atom stereocenters. The van der Waals surface area contributed by atoms with Crippen molar-refractivity contribution in [2.45, 2.75) is 221 Å². The molecule has 0 aliphatic rings. The number of aryl methyl sites for hydroxylation is 4. The molecule has 0 saturated heterocycles. The number of halogens is 2. The Kier molecular flexibility index (Phi) is 31.2. The molecule has 0 radical (unpaired) electrons. The zero-order valence-electron chi connectivity index (χ0n) is 31.1. The van der Waals surface area contributed by atoms with E-state index in [1.165, 1.54) is 205 Å². The summed E-state index contributed by atoms with van der Waals surface area (Å²) in [6.07, 6.45) is 45.5. The smallest absolute Gasteiger partial charge is 0.253 e. The maximum absolute atomic E-state index is 2.48. The van der Waals surface area contributed by atoms with Gasteiger partial charge in [-0.25, -0.2) is 18.3 Å². The minimum atomic E-state index is 0. The first-order valence-corrected chi connectivity index (χ1v) is 19.8. The molecule has 2 heterocycles. The maximum Gasteiger partial charge on any atom is 0.253 e. The minimum absolute atomic E-state index is 0. The van der Waals surface area contributed by atoms with Gasteiger partial charge < -0.3 is 34.0 Å². The van der Waals surface area contributed by atoms with Crippen LogP contribution in [0.15, 0.2) is 24.8 Å². The van der Waals surface area contributed by atoms with Crippen molar-refractivity contribution in [3.63, 3.8) is 0 Å². The van der Waals surface area contributed by atoms with E-state index < -0.39 is 0 Å². The molecular formula is C40H76Br2N4. The number of aromatic nitrogens is 4. The van der Waals surface area contributed by atoms with Crippen LogP contribution in [0.25, 0.3) is 0 Å². The molecule has 2 aromatic heterocycles. The average Bonchev–Trinajstić information content (AvgIpc) is 3.56. The van der Waals surface area contributed by atoms with Gasteiger partial charge in [-0.15, -0.1) is 0 Å². The van der Waals surface area contributed by atoms with Crippen LogP contribution in [0, 0.1) is 13.8 Å². The quantitative estimate of drug-likeness (QED) is 0.0726. The summed E-state index contributed by atoms with van der Waals surface area (Å²) in [6, 6.07) is 0. The predicted molar refractivity (Wildman–Crippen MR) is 190 cm³/mol.